The Morgan fingerprint density at radius 2 is 1.69 bits per heavy atom. The standard InChI is InChI=1S/C26H30/c1-7-12-19-14-10-11-15-22(19)21-16-17-23-20(9-3)24(13-8-2)26(5,6)25(23)18(21)4/h8-11,13-17H,3,7,12H2,1-2,4-6H3/b13-8-. The predicted molar refractivity (Wildman–Crippen MR) is 116 cm³/mol. The van der Waals surface area contributed by atoms with E-state index in [1.807, 2.05) is 6.08 Å². The maximum atomic E-state index is 4.10. The maximum Gasteiger partial charge on any atom is 0.0161 e. The van der Waals surface area contributed by atoms with Gasteiger partial charge in [-0.25, -0.2) is 0 Å². The summed E-state index contributed by atoms with van der Waals surface area (Å²) in [6, 6.07) is 13.5. The number of fused-ring (bicyclic) bond motifs is 1. The highest BCUT2D eigenvalue weighted by atomic mass is 14.4. The molecule has 0 fully saturated rings. The molecule has 2 aromatic carbocycles. The van der Waals surface area contributed by atoms with Gasteiger partial charge in [-0.1, -0.05) is 88.4 Å². The van der Waals surface area contributed by atoms with Crippen molar-refractivity contribution in [3.05, 3.63) is 89.0 Å². The lowest BCUT2D eigenvalue weighted by Gasteiger charge is -2.26. The van der Waals surface area contributed by atoms with E-state index >= 15 is 0 Å². The first-order valence-corrected chi connectivity index (χ1v) is 9.69. The highest BCUT2D eigenvalue weighted by Gasteiger charge is 2.37. The van der Waals surface area contributed by atoms with Crippen molar-refractivity contribution >= 4 is 5.57 Å². The molecule has 0 aromatic heterocycles. The highest BCUT2D eigenvalue weighted by Crippen LogP contribution is 2.50. The summed E-state index contributed by atoms with van der Waals surface area (Å²) >= 11 is 0. The average Bonchev–Trinajstić information content (AvgIpc) is 2.84. The molecule has 134 valence electrons. The van der Waals surface area contributed by atoms with Crippen LogP contribution in [-0.2, 0) is 11.8 Å². The summed E-state index contributed by atoms with van der Waals surface area (Å²) in [4.78, 5) is 0. The molecular formula is C26H30. The van der Waals surface area contributed by atoms with E-state index in [1.54, 1.807) is 0 Å². The summed E-state index contributed by atoms with van der Waals surface area (Å²) in [6.07, 6.45) is 8.70. The maximum absolute atomic E-state index is 4.10. The Bertz CT molecular complexity index is 904. The number of hydrogen-bond donors (Lipinski definition) is 0. The Balaban J connectivity index is 2.25. The van der Waals surface area contributed by atoms with Gasteiger partial charge in [0.1, 0.15) is 0 Å². The Morgan fingerprint density at radius 1 is 1.00 bits per heavy atom. The van der Waals surface area contributed by atoms with Crippen molar-refractivity contribution in [2.45, 2.75) is 52.9 Å². The predicted octanol–water partition coefficient (Wildman–Crippen LogP) is 7.42. The summed E-state index contributed by atoms with van der Waals surface area (Å²) in [6.45, 7) is 15.4. The Kier molecular flexibility index (Phi) is 5.05. The second kappa shape index (κ2) is 7.11. The van der Waals surface area contributed by atoms with Gasteiger partial charge in [-0.15, -0.1) is 0 Å². The summed E-state index contributed by atoms with van der Waals surface area (Å²) in [7, 11) is 0. The van der Waals surface area contributed by atoms with Crippen molar-refractivity contribution in [2.75, 3.05) is 0 Å². The monoisotopic (exact) mass is 342 g/mol. The Labute approximate surface area is 159 Å². The average molecular weight is 343 g/mol. The normalized spacial score (nSPS) is 15.6. The van der Waals surface area contributed by atoms with Gasteiger partial charge in [0, 0.05) is 5.41 Å². The van der Waals surface area contributed by atoms with Gasteiger partial charge in [-0.3, -0.25) is 0 Å². The van der Waals surface area contributed by atoms with Gasteiger partial charge >= 0.3 is 0 Å². The zero-order valence-corrected chi connectivity index (χ0v) is 16.8. The summed E-state index contributed by atoms with van der Waals surface area (Å²) in [5.74, 6) is 0. The fourth-order valence-corrected chi connectivity index (χ4v) is 4.60. The third-order valence-electron chi connectivity index (χ3n) is 5.71. The minimum absolute atomic E-state index is 0.00877. The molecule has 0 heterocycles. The van der Waals surface area contributed by atoms with Crippen molar-refractivity contribution < 1.29 is 0 Å². The first-order valence-electron chi connectivity index (χ1n) is 9.69. The van der Waals surface area contributed by atoms with Gasteiger partial charge < -0.3 is 0 Å². The largest absolute Gasteiger partial charge is 0.0984 e. The van der Waals surface area contributed by atoms with Crippen LogP contribution in [0.15, 0.2) is 66.8 Å². The van der Waals surface area contributed by atoms with Crippen molar-refractivity contribution in [1.29, 1.82) is 0 Å². The minimum atomic E-state index is -0.00877. The number of benzene rings is 2. The van der Waals surface area contributed by atoms with Crippen LogP contribution in [0.4, 0.5) is 0 Å². The second-order valence-corrected chi connectivity index (χ2v) is 7.72. The van der Waals surface area contributed by atoms with Crippen LogP contribution >= 0.6 is 0 Å². The van der Waals surface area contributed by atoms with Gasteiger partial charge in [0.25, 0.3) is 0 Å². The lowest BCUT2D eigenvalue weighted by Crippen LogP contribution is -2.18. The van der Waals surface area contributed by atoms with Gasteiger partial charge in [0.05, 0.1) is 0 Å². The molecule has 0 atom stereocenters. The SMILES string of the molecule is C=CC1=C(/C=C\C)C(C)(C)c2c1ccc(-c1ccccc1CCC)c2C. The van der Waals surface area contributed by atoms with E-state index in [1.165, 1.54) is 50.9 Å². The molecule has 0 amide bonds. The van der Waals surface area contributed by atoms with E-state index in [0.29, 0.717) is 0 Å². The molecule has 0 bridgehead atoms. The fraction of sp³-hybridized carbons (Fsp3) is 0.308. The Morgan fingerprint density at radius 3 is 2.35 bits per heavy atom. The van der Waals surface area contributed by atoms with Crippen LogP contribution in [0.3, 0.4) is 0 Å². The molecule has 1 aliphatic carbocycles. The summed E-state index contributed by atoms with van der Waals surface area (Å²) in [5.41, 5.74) is 11.0. The topological polar surface area (TPSA) is 0 Å². The lowest BCUT2D eigenvalue weighted by molar-refractivity contribution is 0.649. The first kappa shape index (κ1) is 18.5. The number of rotatable bonds is 5. The van der Waals surface area contributed by atoms with E-state index in [0.717, 1.165) is 6.42 Å². The molecule has 3 rings (SSSR count). The molecule has 0 saturated heterocycles. The molecule has 2 aromatic rings. The molecule has 0 aliphatic heterocycles. The van der Waals surface area contributed by atoms with Crippen molar-refractivity contribution in [1.82, 2.24) is 0 Å². The number of allylic oxidation sites excluding steroid dienone is 5. The van der Waals surface area contributed by atoms with Gasteiger partial charge in [-0.05, 0) is 64.8 Å². The van der Waals surface area contributed by atoms with E-state index in [4.69, 9.17) is 0 Å². The van der Waals surface area contributed by atoms with Gasteiger partial charge in [0.2, 0.25) is 0 Å². The molecular weight excluding hydrogens is 312 g/mol. The molecule has 1 aliphatic rings. The molecule has 0 spiro atoms. The smallest absolute Gasteiger partial charge is 0.0161 e. The molecule has 0 radical (unpaired) electrons. The van der Waals surface area contributed by atoms with Crippen LogP contribution in [-0.4, -0.2) is 0 Å². The Hall–Kier alpha value is -2.34. The summed E-state index contributed by atoms with van der Waals surface area (Å²) in [5, 5.41) is 0. The lowest BCUT2D eigenvalue weighted by atomic mass is 9.77. The van der Waals surface area contributed by atoms with Crippen molar-refractivity contribution in [2.24, 2.45) is 0 Å². The highest BCUT2D eigenvalue weighted by molar-refractivity contribution is 5.90. The molecule has 0 saturated carbocycles. The van der Waals surface area contributed by atoms with E-state index < -0.39 is 0 Å². The molecule has 0 unspecified atom stereocenters. The molecule has 0 N–H and O–H groups in total. The van der Waals surface area contributed by atoms with Gasteiger partial charge in [-0.2, -0.15) is 0 Å². The molecule has 26 heavy (non-hydrogen) atoms. The quantitative estimate of drug-likeness (QED) is 0.530. The van der Waals surface area contributed by atoms with Crippen LogP contribution < -0.4 is 0 Å². The fourth-order valence-electron chi connectivity index (χ4n) is 4.60. The van der Waals surface area contributed by atoms with Gasteiger partial charge in [0.15, 0.2) is 0 Å². The van der Waals surface area contributed by atoms with E-state index in [-0.39, 0.29) is 5.41 Å². The number of aryl methyl sites for hydroxylation is 1. The third-order valence-corrected chi connectivity index (χ3v) is 5.71. The van der Waals surface area contributed by atoms with Crippen LogP contribution in [0.1, 0.15) is 56.4 Å². The van der Waals surface area contributed by atoms with Crippen LogP contribution in [0, 0.1) is 6.92 Å². The van der Waals surface area contributed by atoms with E-state index in [9.17, 15) is 0 Å². The summed E-state index contributed by atoms with van der Waals surface area (Å²) < 4.78 is 0. The van der Waals surface area contributed by atoms with Crippen LogP contribution in [0.25, 0.3) is 16.7 Å². The first-order chi connectivity index (χ1) is 12.5. The molecule has 0 heteroatoms. The molecule has 0 nitrogen and oxygen atoms in total. The van der Waals surface area contributed by atoms with Crippen molar-refractivity contribution in [3.63, 3.8) is 0 Å². The van der Waals surface area contributed by atoms with Crippen LogP contribution in [0.2, 0.25) is 0 Å². The number of hydrogen-bond acceptors (Lipinski definition) is 0. The second-order valence-electron chi connectivity index (χ2n) is 7.72. The van der Waals surface area contributed by atoms with Crippen LogP contribution in [0.5, 0.6) is 0 Å². The zero-order valence-electron chi connectivity index (χ0n) is 16.8. The third kappa shape index (κ3) is 2.78. The van der Waals surface area contributed by atoms with Crippen molar-refractivity contribution in [3.8, 4) is 11.1 Å². The zero-order chi connectivity index (χ0) is 18.9. The van der Waals surface area contributed by atoms with E-state index in [2.05, 4.69) is 89.7 Å². The minimum Gasteiger partial charge on any atom is -0.0984 e.